The van der Waals surface area contributed by atoms with Crippen LogP contribution in [0.2, 0.25) is 0 Å². The van der Waals surface area contributed by atoms with Crippen LogP contribution in [0.25, 0.3) is 0 Å². The average Bonchev–Trinajstić information content (AvgIpc) is 2.53. The molecule has 1 aromatic carbocycles. The molecule has 1 aliphatic rings. The molecule has 2 N–H and O–H groups in total. The topological polar surface area (TPSA) is 38.5 Å². The van der Waals surface area contributed by atoms with Crippen molar-refractivity contribution in [1.29, 1.82) is 0 Å². The van der Waals surface area contributed by atoms with Crippen LogP contribution >= 0.6 is 0 Å². The van der Waals surface area contributed by atoms with Crippen molar-refractivity contribution in [3.8, 4) is 5.75 Å². The van der Waals surface area contributed by atoms with Crippen LogP contribution in [-0.2, 0) is 6.54 Å². The molecule has 0 unspecified atom stereocenters. The van der Waals surface area contributed by atoms with Crippen LogP contribution in [0.5, 0.6) is 5.75 Å². The third-order valence-corrected chi connectivity index (χ3v) is 4.77. The molecule has 0 spiro atoms. The van der Waals surface area contributed by atoms with Gasteiger partial charge in [0, 0.05) is 24.2 Å². The van der Waals surface area contributed by atoms with Crippen LogP contribution in [0, 0.1) is 0 Å². The molecule has 1 aromatic rings. The van der Waals surface area contributed by atoms with E-state index in [-0.39, 0.29) is 5.54 Å². The van der Waals surface area contributed by atoms with Crippen molar-refractivity contribution in [2.45, 2.75) is 51.1 Å². The SMILES string of the molecule is CCN(Cc1ccccc1OC)C1(CN)CCCCC1. The maximum absolute atomic E-state index is 6.17. The number of nitrogens with two attached hydrogens (primary N) is 1. The minimum Gasteiger partial charge on any atom is -0.496 e. The summed E-state index contributed by atoms with van der Waals surface area (Å²) >= 11 is 0. The first-order valence-corrected chi connectivity index (χ1v) is 7.83. The van der Waals surface area contributed by atoms with Gasteiger partial charge in [0.25, 0.3) is 0 Å². The number of likely N-dealkylation sites (N-methyl/N-ethyl adjacent to an activating group) is 1. The fourth-order valence-electron chi connectivity index (χ4n) is 3.51. The highest BCUT2D eigenvalue weighted by Gasteiger charge is 2.36. The summed E-state index contributed by atoms with van der Waals surface area (Å²) in [6.45, 7) is 4.96. The second-order valence-corrected chi connectivity index (χ2v) is 5.82. The summed E-state index contributed by atoms with van der Waals surface area (Å²) in [5.41, 5.74) is 7.61. The van der Waals surface area contributed by atoms with Crippen molar-refractivity contribution < 1.29 is 4.74 Å². The number of para-hydroxylation sites is 1. The third-order valence-electron chi connectivity index (χ3n) is 4.77. The quantitative estimate of drug-likeness (QED) is 0.867. The molecule has 0 amide bonds. The zero-order valence-corrected chi connectivity index (χ0v) is 12.9. The van der Waals surface area contributed by atoms with E-state index < -0.39 is 0 Å². The predicted molar refractivity (Wildman–Crippen MR) is 83.9 cm³/mol. The smallest absolute Gasteiger partial charge is 0.123 e. The Hall–Kier alpha value is -1.06. The Morgan fingerprint density at radius 3 is 2.50 bits per heavy atom. The van der Waals surface area contributed by atoms with Crippen LogP contribution in [0.1, 0.15) is 44.6 Å². The van der Waals surface area contributed by atoms with E-state index in [1.165, 1.54) is 37.7 Å². The van der Waals surface area contributed by atoms with Gasteiger partial charge in [0.15, 0.2) is 0 Å². The minimum absolute atomic E-state index is 0.188. The lowest BCUT2D eigenvalue weighted by atomic mass is 9.80. The van der Waals surface area contributed by atoms with Gasteiger partial charge >= 0.3 is 0 Å². The van der Waals surface area contributed by atoms with Crippen molar-refractivity contribution >= 4 is 0 Å². The molecule has 3 nitrogen and oxygen atoms in total. The van der Waals surface area contributed by atoms with Crippen molar-refractivity contribution in [2.75, 3.05) is 20.2 Å². The highest BCUT2D eigenvalue weighted by molar-refractivity contribution is 5.33. The number of ether oxygens (including phenoxy) is 1. The molecule has 0 radical (unpaired) electrons. The first-order valence-electron chi connectivity index (χ1n) is 7.83. The van der Waals surface area contributed by atoms with Gasteiger partial charge in [0.1, 0.15) is 5.75 Å². The molecule has 1 fully saturated rings. The summed E-state index contributed by atoms with van der Waals surface area (Å²) in [7, 11) is 1.74. The fourth-order valence-corrected chi connectivity index (χ4v) is 3.51. The second-order valence-electron chi connectivity index (χ2n) is 5.82. The van der Waals surface area contributed by atoms with Crippen molar-refractivity contribution in [1.82, 2.24) is 4.90 Å². The number of methoxy groups -OCH3 is 1. The molecule has 0 heterocycles. The Kier molecular flexibility index (Phi) is 5.44. The third kappa shape index (κ3) is 3.15. The van der Waals surface area contributed by atoms with E-state index in [1.54, 1.807) is 7.11 Å². The molecule has 0 saturated heterocycles. The molecule has 1 saturated carbocycles. The van der Waals surface area contributed by atoms with Gasteiger partial charge in [-0.1, -0.05) is 44.4 Å². The van der Waals surface area contributed by atoms with Crippen LogP contribution in [0.4, 0.5) is 0 Å². The Morgan fingerprint density at radius 2 is 1.90 bits per heavy atom. The molecule has 0 bridgehead atoms. The monoisotopic (exact) mass is 276 g/mol. The molecule has 0 aromatic heterocycles. The molecular weight excluding hydrogens is 248 g/mol. The van der Waals surface area contributed by atoms with E-state index in [4.69, 9.17) is 10.5 Å². The Balaban J connectivity index is 2.19. The molecule has 0 aliphatic heterocycles. The number of hydrogen-bond donors (Lipinski definition) is 1. The zero-order chi connectivity index (χ0) is 14.4. The molecule has 0 atom stereocenters. The van der Waals surface area contributed by atoms with E-state index in [2.05, 4.69) is 24.0 Å². The van der Waals surface area contributed by atoms with E-state index in [9.17, 15) is 0 Å². The Labute approximate surface area is 123 Å². The normalized spacial score (nSPS) is 18.2. The van der Waals surface area contributed by atoms with Gasteiger partial charge in [-0.3, -0.25) is 4.90 Å². The van der Waals surface area contributed by atoms with Crippen molar-refractivity contribution in [3.05, 3.63) is 29.8 Å². The summed E-state index contributed by atoms with van der Waals surface area (Å²) < 4.78 is 5.49. The van der Waals surface area contributed by atoms with E-state index in [1.807, 2.05) is 12.1 Å². The summed E-state index contributed by atoms with van der Waals surface area (Å²) in [5, 5.41) is 0. The van der Waals surface area contributed by atoms with Gasteiger partial charge in [0.05, 0.1) is 7.11 Å². The number of hydrogen-bond acceptors (Lipinski definition) is 3. The predicted octanol–water partition coefficient (Wildman–Crippen LogP) is 3.18. The lowest BCUT2D eigenvalue weighted by Gasteiger charge is -2.46. The fraction of sp³-hybridized carbons (Fsp3) is 0.647. The number of rotatable bonds is 6. The second kappa shape index (κ2) is 7.09. The number of benzene rings is 1. The van der Waals surface area contributed by atoms with E-state index in [0.29, 0.717) is 0 Å². The van der Waals surface area contributed by atoms with Crippen LogP contribution in [-0.4, -0.2) is 30.6 Å². The first kappa shape index (κ1) is 15.3. The van der Waals surface area contributed by atoms with Crippen molar-refractivity contribution in [3.63, 3.8) is 0 Å². The first-order chi connectivity index (χ1) is 9.75. The summed E-state index contributed by atoms with van der Waals surface area (Å²) in [5.74, 6) is 0.980. The molecular formula is C17H28N2O. The Bertz CT molecular complexity index is 413. The molecule has 3 heteroatoms. The largest absolute Gasteiger partial charge is 0.496 e. The lowest BCUT2D eigenvalue weighted by Crippen LogP contribution is -2.54. The zero-order valence-electron chi connectivity index (χ0n) is 12.9. The van der Waals surface area contributed by atoms with Gasteiger partial charge in [-0.05, 0) is 25.5 Å². The summed E-state index contributed by atoms with van der Waals surface area (Å²) in [4.78, 5) is 2.56. The summed E-state index contributed by atoms with van der Waals surface area (Å²) in [6.07, 6.45) is 6.42. The average molecular weight is 276 g/mol. The lowest BCUT2D eigenvalue weighted by molar-refractivity contribution is 0.0540. The Morgan fingerprint density at radius 1 is 1.20 bits per heavy atom. The van der Waals surface area contributed by atoms with Gasteiger partial charge in [-0.25, -0.2) is 0 Å². The minimum atomic E-state index is 0.188. The highest BCUT2D eigenvalue weighted by Crippen LogP contribution is 2.34. The van der Waals surface area contributed by atoms with Crippen LogP contribution in [0.3, 0.4) is 0 Å². The maximum atomic E-state index is 6.17. The standard InChI is InChI=1S/C17H28N2O/c1-3-19(17(14-18)11-7-4-8-12-17)13-15-9-5-6-10-16(15)20-2/h5-6,9-10H,3-4,7-8,11-14,18H2,1-2H3. The molecule has 2 rings (SSSR count). The van der Waals surface area contributed by atoms with Crippen LogP contribution < -0.4 is 10.5 Å². The van der Waals surface area contributed by atoms with E-state index in [0.717, 1.165) is 25.4 Å². The van der Waals surface area contributed by atoms with Gasteiger partial charge in [-0.15, -0.1) is 0 Å². The molecule has 20 heavy (non-hydrogen) atoms. The van der Waals surface area contributed by atoms with Gasteiger partial charge in [0.2, 0.25) is 0 Å². The van der Waals surface area contributed by atoms with Crippen molar-refractivity contribution in [2.24, 2.45) is 5.73 Å². The van der Waals surface area contributed by atoms with Gasteiger partial charge in [-0.2, -0.15) is 0 Å². The summed E-state index contributed by atoms with van der Waals surface area (Å²) in [6, 6.07) is 8.31. The highest BCUT2D eigenvalue weighted by atomic mass is 16.5. The molecule has 112 valence electrons. The molecule has 1 aliphatic carbocycles. The van der Waals surface area contributed by atoms with Gasteiger partial charge < -0.3 is 10.5 Å². The maximum Gasteiger partial charge on any atom is 0.123 e. The van der Waals surface area contributed by atoms with E-state index >= 15 is 0 Å². The van der Waals surface area contributed by atoms with Crippen LogP contribution in [0.15, 0.2) is 24.3 Å². The number of nitrogens with zero attached hydrogens (tertiary/aromatic N) is 1.